The van der Waals surface area contributed by atoms with Crippen LogP contribution >= 0.6 is 0 Å². The van der Waals surface area contributed by atoms with E-state index in [9.17, 15) is 13.2 Å². The van der Waals surface area contributed by atoms with Crippen molar-refractivity contribution < 1.29 is 13.2 Å². The molecule has 3 aromatic rings. The van der Waals surface area contributed by atoms with E-state index in [4.69, 9.17) is 0 Å². The third kappa shape index (κ3) is 3.54. The monoisotopic (exact) mass is 399 g/mol. The van der Waals surface area contributed by atoms with E-state index in [1.54, 1.807) is 6.07 Å². The number of pyridine rings is 1. The van der Waals surface area contributed by atoms with E-state index in [1.165, 1.54) is 46.8 Å². The van der Waals surface area contributed by atoms with Gasteiger partial charge in [0, 0.05) is 54.9 Å². The number of hydrogen-bond donors (Lipinski definition) is 0. The highest BCUT2D eigenvalue weighted by molar-refractivity contribution is 5.86. The van der Waals surface area contributed by atoms with E-state index < -0.39 is 11.9 Å². The van der Waals surface area contributed by atoms with Gasteiger partial charge in [-0.25, -0.2) is 0 Å². The number of benzene rings is 1. The van der Waals surface area contributed by atoms with Crippen molar-refractivity contribution in [3.63, 3.8) is 0 Å². The first kappa shape index (κ1) is 18.7. The lowest BCUT2D eigenvalue weighted by atomic mass is 10.0. The summed E-state index contributed by atoms with van der Waals surface area (Å²) in [7, 11) is 0. The van der Waals surface area contributed by atoms with E-state index in [1.807, 2.05) is 0 Å². The van der Waals surface area contributed by atoms with Gasteiger partial charge in [-0.1, -0.05) is 17.7 Å². The summed E-state index contributed by atoms with van der Waals surface area (Å²) < 4.78 is 40.6. The fourth-order valence-corrected chi connectivity index (χ4v) is 4.57. The fraction of sp³-hybridized carbons (Fsp3) is 0.435. The third-order valence-electron chi connectivity index (χ3n) is 6.24. The standard InChI is InChI=1S/C23H24F3N3/c1-15-2-6-20-18(12-15)19-14-28(17-4-5-17)10-9-21(19)29(20)11-8-16-3-7-22(27-13-16)23(24,25)26/h2-3,6-7,12-13,17H,4-5,8-11,14H2,1H3. The van der Waals surface area contributed by atoms with Crippen LogP contribution in [0.3, 0.4) is 0 Å². The van der Waals surface area contributed by atoms with Gasteiger partial charge in [0.05, 0.1) is 0 Å². The lowest BCUT2D eigenvalue weighted by molar-refractivity contribution is -0.141. The van der Waals surface area contributed by atoms with Crippen LogP contribution in [0.5, 0.6) is 0 Å². The van der Waals surface area contributed by atoms with Gasteiger partial charge in [-0.2, -0.15) is 13.2 Å². The second-order valence-electron chi connectivity index (χ2n) is 8.35. The van der Waals surface area contributed by atoms with Gasteiger partial charge in [0.25, 0.3) is 0 Å². The number of halogens is 3. The molecule has 0 unspecified atom stereocenters. The van der Waals surface area contributed by atoms with Gasteiger partial charge < -0.3 is 4.57 Å². The second kappa shape index (κ2) is 6.87. The van der Waals surface area contributed by atoms with Crippen LogP contribution in [0.2, 0.25) is 0 Å². The molecule has 152 valence electrons. The largest absolute Gasteiger partial charge is 0.433 e. The Labute approximate surface area is 168 Å². The van der Waals surface area contributed by atoms with Crippen molar-refractivity contribution in [1.29, 1.82) is 0 Å². The zero-order chi connectivity index (χ0) is 20.2. The molecule has 0 spiro atoms. The molecule has 5 rings (SSSR count). The lowest BCUT2D eigenvalue weighted by Crippen LogP contribution is -2.32. The maximum atomic E-state index is 12.7. The third-order valence-corrected chi connectivity index (χ3v) is 6.24. The zero-order valence-corrected chi connectivity index (χ0v) is 16.5. The van der Waals surface area contributed by atoms with Crippen molar-refractivity contribution in [2.75, 3.05) is 6.54 Å². The number of rotatable bonds is 4. The van der Waals surface area contributed by atoms with Gasteiger partial charge >= 0.3 is 6.18 Å². The zero-order valence-electron chi connectivity index (χ0n) is 16.5. The van der Waals surface area contributed by atoms with E-state index in [0.717, 1.165) is 43.7 Å². The molecule has 2 aliphatic rings. The van der Waals surface area contributed by atoms with Crippen LogP contribution in [0.15, 0.2) is 36.5 Å². The lowest BCUT2D eigenvalue weighted by Gasteiger charge is -2.28. The van der Waals surface area contributed by atoms with Crippen LogP contribution in [0.25, 0.3) is 10.9 Å². The van der Waals surface area contributed by atoms with E-state index >= 15 is 0 Å². The first-order chi connectivity index (χ1) is 13.9. The number of fused-ring (bicyclic) bond motifs is 3. The van der Waals surface area contributed by atoms with Crippen LogP contribution in [0.4, 0.5) is 13.2 Å². The summed E-state index contributed by atoms with van der Waals surface area (Å²) in [6.07, 6.45) is 1.30. The highest BCUT2D eigenvalue weighted by Crippen LogP contribution is 2.36. The molecule has 1 aliphatic carbocycles. The second-order valence-corrected chi connectivity index (χ2v) is 8.35. The first-order valence-corrected chi connectivity index (χ1v) is 10.3. The Morgan fingerprint density at radius 1 is 1.14 bits per heavy atom. The number of aryl methyl sites for hydroxylation is 3. The Hall–Kier alpha value is -2.34. The van der Waals surface area contributed by atoms with Crippen molar-refractivity contribution in [3.05, 3.63) is 64.6 Å². The van der Waals surface area contributed by atoms with Crippen LogP contribution < -0.4 is 0 Å². The molecule has 1 fully saturated rings. The summed E-state index contributed by atoms with van der Waals surface area (Å²) in [4.78, 5) is 6.21. The summed E-state index contributed by atoms with van der Waals surface area (Å²) in [6, 6.07) is 9.99. The van der Waals surface area contributed by atoms with Crippen molar-refractivity contribution in [2.45, 2.75) is 57.9 Å². The molecule has 1 saturated carbocycles. The Balaban J connectivity index is 1.44. The molecule has 3 nitrogen and oxygen atoms in total. The molecule has 2 aromatic heterocycles. The van der Waals surface area contributed by atoms with Crippen LogP contribution in [0, 0.1) is 6.92 Å². The summed E-state index contributed by atoms with van der Waals surface area (Å²) in [6.45, 7) is 4.98. The summed E-state index contributed by atoms with van der Waals surface area (Å²) >= 11 is 0. The highest BCUT2D eigenvalue weighted by atomic mass is 19.4. The Kier molecular flexibility index (Phi) is 4.42. The molecular formula is C23H24F3N3. The van der Waals surface area contributed by atoms with Crippen molar-refractivity contribution >= 4 is 10.9 Å². The first-order valence-electron chi connectivity index (χ1n) is 10.3. The van der Waals surface area contributed by atoms with Gasteiger partial charge in [-0.05, 0) is 55.5 Å². The molecule has 1 aliphatic heterocycles. The maximum Gasteiger partial charge on any atom is 0.433 e. The fourth-order valence-electron chi connectivity index (χ4n) is 4.57. The van der Waals surface area contributed by atoms with Gasteiger partial charge in [-0.3, -0.25) is 9.88 Å². The Morgan fingerprint density at radius 2 is 1.97 bits per heavy atom. The average molecular weight is 399 g/mol. The molecule has 0 N–H and O–H groups in total. The molecule has 1 aromatic carbocycles. The maximum absolute atomic E-state index is 12.7. The van der Waals surface area contributed by atoms with Crippen LogP contribution in [-0.4, -0.2) is 27.0 Å². The SMILES string of the molecule is Cc1ccc2c(c1)c1c(n2CCc2ccc(C(F)(F)F)nc2)CCN(C2CC2)C1. The number of hydrogen-bond acceptors (Lipinski definition) is 2. The van der Waals surface area contributed by atoms with Crippen molar-refractivity contribution in [1.82, 2.24) is 14.5 Å². The van der Waals surface area contributed by atoms with Gasteiger partial charge in [-0.15, -0.1) is 0 Å². The van der Waals surface area contributed by atoms with E-state index in [2.05, 4.69) is 39.6 Å². The Morgan fingerprint density at radius 3 is 2.66 bits per heavy atom. The van der Waals surface area contributed by atoms with Crippen molar-refractivity contribution in [2.24, 2.45) is 0 Å². The molecule has 0 saturated heterocycles. The minimum atomic E-state index is -4.39. The average Bonchev–Trinajstić information content (AvgIpc) is 3.50. The molecule has 3 heterocycles. The minimum absolute atomic E-state index is 0.668. The highest BCUT2D eigenvalue weighted by Gasteiger charge is 2.34. The topological polar surface area (TPSA) is 21.1 Å². The van der Waals surface area contributed by atoms with Crippen LogP contribution in [0.1, 0.15) is 40.9 Å². The van der Waals surface area contributed by atoms with Gasteiger partial charge in [0.15, 0.2) is 0 Å². The molecule has 0 atom stereocenters. The molecule has 29 heavy (non-hydrogen) atoms. The van der Waals surface area contributed by atoms with Crippen molar-refractivity contribution in [3.8, 4) is 0 Å². The minimum Gasteiger partial charge on any atom is -0.344 e. The smallest absolute Gasteiger partial charge is 0.344 e. The Bertz CT molecular complexity index is 1050. The summed E-state index contributed by atoms with van der Waals surface area (Å²) in [5.41, 5.74) is 5.32. The predicted octanol–water partition coefficient (Wildman–Crippen LogP) is 5.13. The normalized spacial score (nSPS) is 17.7. The predicted molar refractivity (Wildman–Crippen MR) is 107 cm³/mol. The molecule has 6 heteroatoms. The van der Waals surface area contributed by atoms with Crippen LogP contribution in [-0.2, 0) is 32.1 Å². The molecule has 0 bridgehead atoms. The molecule has 0 amide bonds. The summed E-state index contributed by atoms with van der Waals surface area (Å²) in [5.74, 6) is 0. The van der Waals surface area contributed by atoms with Gasteiger partial charge in [0.1, 0.15) is 5.69 Å². The number of aromatic nitrogens is 2. The quantitative estimate of drug-likeness (QED) is 0.607. The van der Waals surface area contributed by atoms with E-state index in [-0.39, 0.29) is 0 Å². The summed E-state index contributed by atoms with van der Waals surface area (Å²) in [5, 5.41) is 1.33. The molecular weight excluding hydrogens is 375 g/mol. The number of alkyl halides is 3. The molecule has 0 radical (unpaired) electrons. The van der Waals surface area contributed by atoms with Gasteiger partial charge in [0.2, 0.25) is 0 Å². The number of nitrogens with zero attached hydrogens (tertiary/aromatic N) is 3. The van der Waals surface area contributed by atoms with E-state index in [0.29, 0.717) is 6.42 Å².